The lowest BCUT2D eigenvalue weighted by Gasteiger charge is -2.20. The first kappa shape index (κ1) is 14.7. The van der Waals surface area contributed by atoms with E-state index in [0.29, 0.717) is 17.3 Å². The fraction of sp³-hybridized carbons (Fsp3) is 0.438. The number of aromatic nitrogens is 2. The van der Waals surface area contributed by atoms with Crippen LogP contribution in [-0.2, 0) is 4.74 Å². The molecule has 1 aliphatic rings. The molecule has 0 spiro atoms. The summed E-state index contributed by atoms with van der Waals surface area (Å²) in [5, 5.41) is 6.74. The van der Waals surface area contributed by atoms with Crippen LogP contribution in [-0.4, -0.2) is 34.8 Å². The van der Waals surface area contributed by atoms with Crippen molar-refractivity contribution >= 4 is 5.91 Å². The van der Waals surface area contributed by atoms with Crippen LogP contribution in [0.1, 0.15) is 35.9 Å². The van der Waals surface area contributed by atoms with E-state index in [1.807, 2.05) is 6.92 Å². The second-order valence-electron chi connectivity index (χ2n) is 5.54. The first-order valence-electron chi connectivity index (χ1n) is 7.46. The molecule has 0 bridgehead atoms. The Morgan fingerprint density at radius 1 is 1.36 bits per heavy atom. The van der Waals surface area contributed by atoms with Crippen molar-refractivity contribution in [3.63, 3.8) is 0 Å². The molecule has 116 valence electrons. The highest BCUT2D eigenvalue weighted by Gasteiger charge is 2.24. The summed E-state index contributed by atoms with van der Waals surface area (Å²) in [6.07, 6.45) is 2.17. The van der Waals surface area contributed by atoms with E-state index in [-0.39, 0.29) is 18.1 Å². The molecule has 22 heavy (non-hydrogen) atoms. The lowest BCUT2D eigenvalue weighted by Crippen LogP contribution is -2.40. The van der Waals surface area contributed by atoms with Gasteiger partial charge >= 0.3 is 0 Å². The Morgan fingerprint density at radius 3 is 2.73 bits per heavy atom. The molecule has 1 amide bonds. The summed E-state index contributed by atoms with van der Waals surface area (Å²) in [6.45, 7) is 4.52. The Kier molecular flexibility index (Phi) is 4.20. The van der Waals surface area contributed by atoms with Gasteiger partial charge in [0.15, 0.2) is 5.82 Å². The van der Waals surface area contributed by atoms with Crippen molar-refractivity contribution in [3.8, 4) is 11.5 Å². The van der Waals surface area contributed by atoms with Crippen LogP contribution in [0.3, 0.4) is 0 Å². The van der Waals surface area contributed by atoms with E-state index in [9.17, 15) is 4.79 Å². The Labute approximate surface area is 128 Å². The maximum atomic E-state index is 12.2. The molecule has 0 saturated carbocycles. The van der Waals surface area contributed by atoms with Crippen molar-refractivity contribution in [1.29, 1.82) is 0 Å². The van der Waals surface area contributed by atoms with Crippen molar-refractivity contribution in [2.24, 2.45) is 0 Å². The Hall–Kier alpha value is -2.21. The molecule has 1 aromatic carbocycles. The van der Waals surface area contributed by atoms with Gasteiger partial charge in [-0.2, -0.15) is 4.98 Å². The fourth-order valence-corrected chi connectivity index (χ4v) is 2.56. The molecule has 0 radical (unpaired) electrons. The predicted octanol–water partition coefficient (Wildman–Crippen LogP) is 2.34. The second-order valence-corrected chi connectivity index (χ2v) is 5.54. The van der Waals surface area contributed by atoms with E-state index in [4.69, 9.17) is 9.26 Å². The maximum Gasteiger partial charge on any atom is 0.257 e. The molecular weight excluding hydrogens is 282 g/mol. The summed E-state index contributed by atoms with van der Waals surface area (Å²) in [5.41, 5.74) is 1.40. The average Bonchev–Trinajstić information content (AvgIpc) is 3.18. The number of nitrogens with one attached hydrogen (secondary N) is 1. The summed E-state index contributed by atoms with van der Waals surface area (Å²) in [6, 6.07) is 7.13. The van der Waals surface area contributed by atoms with E-state index < -0.39 is 0 Å². The minimum atomic E-state index is -0.101. The van der Waals surface area contributed by atoms with Crippen molar-refractivity contribution in [3.05, 3.63) is 35.7 Å². The Morgan fingerprint density at radius 2 is 2.14 bits per heavy atom. The largest absolute Gasteiger partial charge is 0.376 e. The van der Waals surface area contributed by atoms with Crippen LogP contribution in [0.25, 0.3) is 11.5 Å². The minimum Gasteiger partial charge on any atom is -0.376 e. The van der Waals surface area contributed by atoms with Crippen LogP contribution in [0.2, 0.25) is 0 Å². The topological polar surface area (TPSA) is 77.2 Å². The molecule has 1 fully saturated rings. The maximum absolute atomic E-state index is 12.2. The molecule has 2 heterocycles. The number of rotatable bonds is 4. The first-order valence-corrected chi connectivity index (χ1v) is 7.46. The molecule has 1 aromatic heterocycles. The zero-order valence-electron chi connectivity index (χ0n) is 12.7. The van der Waals surface area contributed by atoms with Crippen molar-refractivity contribution in [2.45, 2.75) is 38.8 Å². The Bertz CT molecular complexity index is 645. The smallest absolute Gasteiger partial charge is 0.257 e. The number of aryl methyl sites for hydroxylation is 1. The van der Waals surface area contributed by atoms with Gasteiger partial charge in [0.05, 0.1) is 12.1 Å². The zero-order valence-corrected chi connectivity index (χ0v) is 12.7. The lowest BCUT2D eigenvalue weighted by atomic mass is 10.1. The molecule has 2 aromatic rings. The number of nitrogens with zero attached hydrogens (tertiary/aromatic N) is 2. The van der Waals surface area contributed by atoms with Crippen molar-refractivity contribution in [1.82, 2.24) is 15.5 Å². The molecule has 1 N–H and O–H groups in total. The molecule has 1 aliphatic heterocycles. The molecule has 3 rings (SSSR count). The number of benzene rings is 1. The van der Waals surface area contributed by atoms with Gasteiger partial charge in [-0.1, -0.05) is 5.16 Å². The number of carbonyl (C=O) groups is 1. The van der Waals surface area contributed by atoms with E-state index >= 15 is 0 Å². The average molecular weight is 301 g/mol. The van der Waals surface area contributed by atoms with Gasteiger partial charge in [-0.05, 0) is 51.0 Å². The van der Waals surface area contributed by atoms with E-state index in [1.165, 1.54) is 0 Å². The normalized spacial score (nSPS) is 19.1. The van der Waals surface area contributed by atoms with Gasteiger partial charge in [0.1, 0.15) is 0 Å². The van der Waals surface area contributed by atoms with Crippen LogP contribution in [0.5, 0.6) is 0 Å². The van der Waals surface area contributed by atoms with E-state index in [0.717, 1.165) is 25.0 Å². The van der Waals surface area contributed by atoms with Gasteiger partial charge in [0.2, 0.25) is 0 Å². The van der Waals surface area contributed by atoms with Gasteiger partial charge in [0.25, 0.3) is 11.8 Å². The third kappa shape index (κ3) is 3.17. The summed E-state index contributed by atoms with van der Waals surface area (Å²) >= 11 is 0. The zero-order chi connectivity index (χ0) is 15.5. The Balaban J connectivity index is 1.65. The van der Waals surface area contributed by atoms with Gasteiger partial charge < -0.3 is 14.6 Å². The van der Waals surface area contributed by atoms with Crippen LogP contribution >= 0.6 is 0 Å². The SMILES string of the molecule is Cc1noc(-c2ccc(C(=O)NC(C)C3CCCO3)cc2)n1. The number of hydrogen-bond donors (Lipinski definition) is 1. The molecule has 6 nitrogen and oxygen atoms in total. The highest BCUT2D eigenvalue weighted by Crippen LogP contribution is 2.18. The van der Waals surface area contributed by atoms with Gasteiger partial charge in [0, 0.05) is 17.7 Å². The van der Waals surface area contributed by atoms with Crippen molar-refractivity contribution in [2.75, 3.05) is 6.61 Å². The molecule has 0 aliphatic carbocycles. The number of hydrogen-bond acceptors (Lipinski definition) is 5. The number of ether oxygens (including phenoxy) is 1. The lowest BCUT2D eigenvalue weighted by molar-refractivity contribution is 0.0712. The molecule has 2 unspecified atom stereocenters. The predicted molar refractivity (Wildman–Crippen MR) is 80.4 cm³/mol. The molecule has 6 heteroatoms. The number of amides is 1. The van der Waals surface area contributed by atoms with E-state index in [2.05, 4.69) is 15.5 Å². The summed E-state index contributed by atoms with van der Waals surface area (Å²) < 4.78 is 10.7. The molecule has 1 saturated heterocycles. The summed E-state index contributed by atoms with van der Waals surface area (Å²) in [7, 11) is 0. The monoisotopic (exact) mass is 301 g/mol. The molecule has 2 atom stereocenters. The quantitative estimate of drug-likeness (QED) is 0.938. The highest BCUT2D eigenvalue weighted by molar-refractivity contribution is 5.94. The van der Waals surface area contributed by atoms with Gasteiger partial charge in [-0.25, -0.2) is 0 Å². The second kappa shape index (κ2) is 6.27. The van der Waals surface area contributed by atoms with Crippen molar-refractivity contribution < 1.29 is 14.1 Å². The van der Waals surface area contributed by atoms with E-state index in [1.54, 1.807) is 31.2 Å². The fourth-order valence-electron chi connectivity index (χ4n) is 2.56. The highest BCUT2D eigenvalue weighted by atomic mass is 16.5. The first-order chi connectivity index (χ1) is 10.6. The van der Waals surface area contributed by atoms with Gasteiger partial charge in [-0.3, -0.25) is 4.79 Å². The molecular formula is C16H19N3O3. The van der Waals surface area contributed by atoms with Crippen LogP contribution in [0.4, 0.5) is 0 Å². The standard InChI is InChI=1S/C16H19N3O3/c1-10(14-4-3-9-21-14)17-15(20)12-5-7-13(8-6-12)16-18-11(2)19-22-16/h5-8,10,14H,3-4,9H2,1-2H3,(H,17,20). The summed E-state index contributed by atoms with van der Waals surface area (Å²) in [4.78, 5) is 16.4. The third-order valence-electron chi connectivity index (χ3n) is 3.80. The van der Waals surface area contributed by atoms with Crippen LogP contribution in [0, 0.1) is 6.92 Å². The third-order valence-corrected chi connectivity index (χ3v) is 3.80. The minimum absolute atomic E-state index is 0.00765. The van der Waals surface area contributed by atoms with Gasteiger partial charge in [-0.15, -0.1) is 0 Å². The van der Waals surface area contributed by atoms with Crippen LogP contribution in [0.15, 0.2) is 28.8 Å². The number of carbonyl (C=O) groups excluding carboxylic acids is 1. The van der Waals surface area contributed by atoms with Crippen LogP contribution < -0.4 is 5.32 Å². The summed E-state index contributed by atoms with van der Waals surface area (Å²) in [5.74, 6) is 0.940.